The van der Waals surface area contributed by atoms with Gasteiger partial charge in [-0.25, -0.2) is 8.78 Å². The first kappa shape index (κ1) is 9.15. The van der Waals surface area contributed by atoms with Crippen molar-refractivity contribution in [3.05, 3.63) is 23.8 Å². The van der Waals surface area contributed by atoms with Gasteiger partial charge in [-0.1, -0.05) is 0 Å². The molecular weight excluding hydrogens is 186 g/mol. The van der Waals surface area contributed by atoms with Crippen LogP contribution >= 0.6 is 0 Å². The minimum Gasteiger partial charge on any atom is -0.204 e. The van der Waals surface area contributed by atoms with Crippen molar-refractivity contribution in [1.82, 2.24) is 0 Å². The van der Waals surface area contributed by atoms with Crippen LogP contribution in [0.5, 0.6) is 0 Å². The zero-order valence-corrected chi connectivity index (χ0v) is 5.42. The standard InChI is InChI=1S/C6H2F6/c7-3-1-5(9,10)6(11,12)2-4(3)8/h1-2H. The maximum Gasteiger partial charge on any atom is 0.335 e. The Morgan fingerprint density at radius 1 is 0.750 bits per heavy atom. The Hall–Kier alpha value is -0.940. The molecule has 0 nitrogen and oxygen atoms in total. The Labute approximate surface area is 63.2 Å². The zero-order valence-electron chi connectivity index (χ0n) is 5.42. The minimum absolute atomic E-state index is 0.734. The molecule has 6 heteroatoms. The number of hydrogen-bond acceptors (Lipinski definition) is 0. The van der Waals surface area contributed by atoms with Gasteiger partial charge in [-0.3, -0.25) is 0 Å². The van der Waals surface area contributed by atoms with Crippen LogP contribution in [0.3, 0.4) is 0 Å². The summed E-state index contributed by atoms with van der Waals surface area (Å²) in [6, 6.07) is 0. The van der Waals surface area contributed by atoms with E-state index in [9.17, 15) is 26.3 Å². The van der Waals surface area contributed by atoms with Crippen LogP contribution in [0.25, 0.3) is 0 Å². The fourth-order valence-electron chi connectivity index (χ4n) is 0.649. The molecule has 0 N–H and O–H groups in total. The lowest BCUT2D eigenvalue weighted by Gasteiger charge is -2.23. The smallest absolute Gasteiger partial charge is 0.204 e. The highest BCUT2D eigenvalue weighted by Crippen LogP contribution is 2.43. The van der Waals surface area contributed by atoms with Gasteiger partial charge in [0.2, 0.25) is 0 Å². The molecule has 0 aromatic rings. The van der Waals surface area contributed by atoms with E-state index in [2.05, 4.69) is 0 Å². The van der Waals surface area contributed by atoms with Crippen LogP contribution < -0.4 is 0 Å². The van der Waals surface area contributed by atoms with E-state index in [1.165, 1.54) is 0 Å². The van der Waals surface area contributed by atoms with Crippen LogP contribution in [0, 0.1) is 0 Å². The van der Waals surface area contributed by atoms with Crippen molar-refractivity contribution in [2.75, 3.05) is 0 Å². The van der Waals surface area contributed by atoms with E-state index in [1.807, 2.05) is 0 Å². The molecule has 0 heterocycles. The summed E-state index contributed by atoms with van der Waals surface area (Å²) in [6.45, 7) is 0. The van der Waals surface area contributed by atoms with Gasteiger partial charge in [-0.05, 0) is 0 Å². The topological polar surface area (TPSA) is 0 Å². The monoisotopic (exact) mass is 188 g/mol. The van der Waals surface area contributed by atoms with E-state index in [0.29, 0.717) is 0 Å². The van der Waals surface area contributed by atoms with Gasteiger partial charge in [0.25, 0.3) is 0 Å². The maximum absolute atomic E-state index is 12.1. The molecule has 0 aliphatic heterocycles. The molecule has 0 unspecified atom stereocenters. The molecule has 0 atom stereocenters. The van der Waals surface area contributed by atoms with Gasteiger partial charge >= 0.3 is 11.8 Å². The Bertz CT molecular complexity index is 233. The van der Waals surface area contributed by atoms with Gasteiger partial charge in [-0.2, -0.15) is 17.6 Å². The average molecular weight is 188 g/mol. The average Bonchev–Trinajstić information content (AvgIpc) is 1.82. The van der Waals surface area contributed by atoms with Crippen molar-refractivity contribution in [2.45, 2.75) is 11.8 Å². The Morgan fingerprint density at radius 3 is 1.25 bits per heavy atom. The molecular formula is C6H2F6. The second-order valence-corrected chi connectivity index (χ2v) is 2.23. The van der Waals surface area contributed by atoms with Crippen LogP contribution in [-0.2, 0) is 0 Å². The maximum atomic E-state index is 12.1. The highest BCUT2D eigenvalue weighted by Gasteiger charge is 2.56. The summed E-state index contributed by atoms with van der Waals surface area (Å²) < 4.78 is 72.6. The number of allylic oxidation sites excluding steroid dienone is 4. The van der Waals surface area contributed by atoms with Crippen molar-refractivity contribution in [2.24, 2.45) is 0 Å². The van der Waals surface area contributed by atoms with E-state index in [0.717, 1.165) is 0 Å². The molecule has 1 aliphatic carbocycles. The van der Waals surface area contributed by atoms with Crippen molar-refractivity contribution in [3.8, 4) is 0 Å². The van der Waals surface area contributed by atoms with Crippen molar-refractivity contribution in [1.29, 1.82) is 0 Å². The first-order valence-electron chi connectivity index (χ1n) is 2.79. The summed E-state index contributed by atoms with van der Waals surface area (Å²) in [6.07, 6.45) is -1.47. The molecule has 0 saturated heterocycles. The van der Waals surface area contributed by atoms with Gasteiger partial charge in [0.1, 0.15) is 0 Å². The predicted octanol–water partition coefficient (Wildman–Crippen LogP) is 2.98. The summed E-state index contributed by atoms with van der Waals surface area (Å²) in [5, 5.41) is 0. The molecule has 0 radical (unpaired) electrons. The van der Waals surface area contributed by atoms with E-state index in [-0.39, 0.29) is 0 Å². The van der Waals surface area contributed by atoms with Crippen LogP contribution in [-0.4, -0.2) is 11.8 Å². The van der Waals surface area contributed by atoms with Crippen molar-refractivity contribution in [3.63, 3.8) is 0 Å². The van der Waals surface area contributed by atoms with Gasteiger partial charge < -0.3 is 0 Å². The van der Waals surface area contributed by atoms with Crippen LogP contribution in [0.1, 0.15) is 0 Å². The van der Waals surface area contributed by atoms with Gasteiger partial charge in [0, 0.05) is 12.2 Å². The summed E-state index contributed by atoms with van der Waals surface area (Å²) in [5.74, 6) is -13.3. The van der Waals surface area contributed by atoms with E-state index in [1.54, 1.807) is 0 Å². The molecule has 12 heavy (non-hydrogen) atoms. The lowest BCUT2D eigenvalue weighted by Crippen LogP contribution is -2.39. The lowest BCUT2D eigenvalue weighted by molar-refractivity contribution is -0.150. The number of hydrogen-bond donors (Lipinski definition) is 0. The highest BCUT2D eigenvalue weighted by molar-refractivity contribution is 5.32. The van der Waals surface area contributed by atoms with Crippen LogP contribution in [0.4, 0.5) is 26.3 Å². The molecule has 1 aliphatic rings. The Balaban J connectivity index is 3.15. The third-order valence-corrected chi connectivity index (χ3v) is 1.29. The molecule has 0 aromatic heterocycles. The summed E-state index contributed by atoms with van der Waals surface area (Å²) in [7, 11) is 0. The van der Waals surface area contributed by atoms with Crippen LogP contribution in [0.2, 0.25) is 0 Å². The third kappa shape index (κ3) is 1.21. The molecule has 68 valence electrons. The van der Waals surface area contributed by atoms with Crippen molar-refractivity contribution >= 4 is 0 Å². The molecule has 0 fully saturated rings. The van der Waals surface area contributed by atoms with Gasteiger partial charge in [-0.15, -0.1) is 0 Å². The second-order valence-electron chi connectivity index (χ2n) is 2.23. The normalized spacial score (nSPS) is 26.2. The first-order chi connectivity index (χ1) is 5.26. The number of rotatable bonds is 0. The second kappa shape index (κ2) is 2.27. The fourth-order valence-corrected chi connectivity index (χ4v) is 0.649. The van der Waals surface area contributed by atoms with E-state index >= 15 is 0 Å². The summed E-state index contributed by atoms with van der Waals surface area (Å²) in [4.78, 5) is 0. The largest absolute Gasteiger partial charge is 0.335 e. The first-order valence-corrected chi connectivity index (χ1v) is 2.79. The summed E-state index contributed by atoms with van der Waals surface area (Å²) >= 11 is 0. The highest BCUT2D eigenvalue weighted by atomic mass is 19.3. The van der Waals surface area contributed by atoms with Gasteiger partial charge in [0.15, 0.2) is 11.7 Å². The lowest BCUT2D eigenvalue weighted by atomic mass is 10.1. The molecule has 0 amide bonds. The van der Waals surface area contributed by atoms with Crippen molar-refractivity contribution < 1.29 is 26.3 Å². The Morgan fingerprint density at radius 2 is 1.00 bits per heavy atom. The third-order valence-electron chi connectivity index (χ3n) is 1.29. The zero-order chi connectivity index (χ0) is 9.57. The van der Waals surface area contributed by atoms with Gasteiger partial charge in [0.05, 0.1) is 0 Å². The molecule has 0 spiro atoms. The van der Waals surface area contributed by atoms with E-state index < -0.39 is 35.7 Å². The molecule has 0 bridgehead atoms. The minimum atomic E-state index is -4.66. The van der Waals surface area contributed by atoms with E-state index in [4.69, 9.17) is 0 Å². The fraction of sp³-hybridized carbons (Fsp3) is 0.333. The van der Waals surface area contributed by atoms with Crippen LogP contribution in [0.15, 0.2) is 23.8 Å². The summed E-state index contributed by atoms with van der Waals surface area (Å²) in [5.41, 5.74) is 0. The molecule has 0 saturated carbocycles. The predicted molar refractivity (Wildman–Crippen MR) is 28.3 cm³/mol. The quantitative estimate of drug-likeness (QED) is 0.512. The molecule has 1 rings (SSSR count). The SMILES string of the molecule is FC1=CC(F)(F)C(F)(F)C=C1F. The Kier molecular flexibility index (Phi) is 1.73. The number of alkyl halides is 4. The molecule has 0 aromatic carbocycles. The number of halogens is 6.